The summed E-state index contributed by atoms with van der Waals surface area (Å²) in [6.45, 7) is 4.56. The lowest BCUT2D eigenvalue weighted by Gasteiger charge is -2.19. The number of thioether (sulfide) groups is 1. The third-order valence-electron chi connectivity index (χ3n) is 2.87. The highest BCUT2D eigenvalue weighted by Crippen LogP contribution is 2.16. The summed E-state index contributed by atoms with van der Waals surface area (Å²) in [6, 6.07) is -0.322. The number of nitrogens with one attached hydrogen (secondary N) is 1. The van der Waals surface area contributed by atoms with E-state index in [1.54, 1.807) is 0 Å². The van der Waals surface area contributed by atoms with E-state index in [0.29, 0.717) is 6.42 Å². The van der Waals surface area contributed by atoms with Crippen molar-refractivity contribution in [3.63, 3.8) is 0 Å². The van der Waals surface area contributed by atoms with Crippen molar-refractivity contribution in [2.75, 3.05) is 18.6 Å². The summed E-state index contributed by atoms with van der Waals surface area (Å²) < 4.78 is 0. The van der Waals surface area contributed by atoms with Gasteiger partial charge in [-0.1, -0.05) is 0 Å². The molecule has 5 heteroatoms. The van der Waals surface area contributed by atoms with Crippen LogP contribution in [0.3, 0.4) is 0 Å². The van der Waals surface area contributed by atoms with E-state index in [0.717, 1.165) is 25.1 Å². The van der Waals surface area contributed by atoms with Crippen molar-refractivity contribution < 1.29 is 9.59 Å². The summed E-state index contributed by atoms with van der Waals surface area (Å²) in [5.41, 5.74) is 0. The number of hydrogen-bond acceptors (Lipinski definition) is 4. The number of imide groups is 1. The fourth-order valence-electron chi connectivity index (χ4n) is 2.00. The van der Waals surface area contributed by atoms with Gasteiger partial charge in [0.2, 0.25) is 11.8 Å². The van der Waals surface area contributed by atoms with Crippen LogP contribution in [0.4, 0.5) is 0 Å². The third-order valence-corrected chi connectivity index (χ3v) is 3.56. The lowest BCUT2D eigenvalue weighted by Crippen LogP contribution is -2.42. The molecule has 1 saturated heterocycles. The highest BCUT2D eigenvalue weighted by molar-refractivity contribution is 7.98. The van der Waals surface area contributed by atoms with Gasteiger partial charge in [0.1, 0.15) is 0 Å². The zero-order chi connectivity index (χ0) is 12.8. The van der Waals surface area contributed by atoms with Crippen LogP contribution < -0.4 is 5.32 Å². The molecule has 1 fully saturated rings. The van der Waals surface area contributed by atoms with Crippen LogP contribution in [0.2, 0.25) is 0 Å². The molecule has 1 N–H and O–H groups in total. The lowest BCUT2D eigenvalue weighted by molar-refractivity contribution is -0.140. The molecule has 1 unspecified atom stereocenters. The average molecular weight is 258 g/mol. The first-order valence-corrected chi connectivity index (χ1v) is 7.55. The Morgan fingerprint density at radius 1 is 1.41 bits per heavy atom. The third kappa shape index (κ3) is 4.00. The Labute approximate surface area is 108 Å². The molecule has 0 radical (unpaired) electrons. The molecule has 0 saturated carbocycles. The number of carbonyl (C=O) groups is 2. The number of amides is 2. The van der Waals surface area contributed by atoms with E-state index in [4.69, 9.17) is 0 Å². The fourth-order valence-corrected chi connectivity index (χ4v) is 2.49. The van der Waals surface area contributed by atoms with E-state index < -0.39 is 0 Å². The topological polar surface area (TPSA) is 49.4 Å². The summed E-state index contributed by atoms with van der Waals surface area (Å²) in [6.07, 6.45) is 4.62. The first-order valence-electron chi connectivity index (χ1n) is 6.16. The minimum atomic E-state index is -0.292. The van der Waals surface area contributed by atoms with Gasteiger partial charge in [-0.2, -0.15) is 11.8 Å². The maximum Gasteiger partial charge on any atom is 0.247 e. The van der Waals surface area contributed by atoms with Crippen molar-refractivity contribution >= 4 is 23.6 Å². The second-order valence-electron chi connectivity index (χ2n) is 4.61. The van der Waals surface area contributed by atoms with Gasteiger partial charge >= 0.3 is 0 Å². The first-order chi connectivity index (χ1) is 8.07. The minimum absolute atomic E-state index is 0.0294. The van der Waals surface area contributed by atoms with Gasteiger partial charge in [0, 0.05) is 6.04 Å². The van der Waals surface area contributed by atoms with Crippen LogP contribution in [0, 0.1) is 0 Å². The molecule has 0 aromatic heterocycles. The van der Waals surface area contributed by atoms with Crippen LogP contribution >= 0.6 is 11.8 Å². The number of nitrogens with zero attached hydrogens (tertiary/aromatic N) is 1. The SMILES string of the molecule is CSCCCCNC1CC(=O)N(C(C)C)C1=O. The molecular formula is C12H22N2O2S. The van der Waals surface area contributed by atoms with E-state index >= 15 is 0 Å². The second-order valence-corrected chi connectivity index (χ2v) is 5.59. The molecule has 0 aliphatic carbocycles. The van der Waals surface area contributed by atoms with Crippen molar-refractivity contribution in [1.29, 1.82) is 0 Å². The van der Waals surface area contributed by atoms with Crippen LogP contribution in [-0.4, -0.2) is 47.4 Å². The van der Waals surface area contributed by atoms with Gasteiger partial charge in [-0.25, -0.2) is 0 Å². The molecule has 17 heavy (non-hydrogen) atoms. The number of rotatable bonds is 7. The van der Waals surface area contributed by atoms with Gasteiger partial charge in [-0.15, -0.1) is 0 Å². The zero-order valence-corrected chi connectivity index (χ0v) is 11.7. The quantitative estimate of drug-likeness (QED) is 0.551. The molecule has 1 aliphatic heterocycles. The summed E-state index contributed by atoms with van der Waals surface area (Å²) in [7, 11) is 0. The van der Waals surface area contributed by atoms with Crippen molar-refractivity contribution in [3.05, 3.63) is 0 Å². The average Bonchev–Trinajstić information content (AvgIpc) is 2.53. The summed E-state index contributed by atoms with van der Waals surface area (Å²) in [4.78, 5) is 24.9. The molecular weight excluding hydrogens is 236 g/mol. The van der Waals surface area contributed by atoms with Crippen molar-refractivity contribution in [1.82, 2.24) is 10.2 Å². The Kier molecular flexibility index (Phi) is 5.98. The van der Waals surface area contributed by atoms with Crippen LogP contribution in [0.15, 0.2) is 0 Å². The number of hydrogen-bond donors (Lipinski definition) is 1. The van der Waals surface area contributed by atoms with Crippen LogP contribution in [0.25, 0.3) is 0 Å². The Morgan fingerprint density at radius 2 is 2.12 bits per heavy atom. The predicted molar refractivity (Wildman–Crippen MR) is 71.0 cm³/mol. The lowest BCUT2D eigenvalue weighted by atomic mass is 10.2. The minimum Gasteiger partial charge on any atom is -0.305 e. The Hall–Kier alpha value is -0.550. The molecule has 0 aromatic carbocycles. The van der Waals surface area contributed by atoms with Gasteiger partial charge < -0.3 is 5.32 Å². The zero-order valence-electron chi connectivity index (χ0n) is 10.9. The van der Waals surface area contributed by atoms with E-state index in [1.165, 1.54) is 4.90 Å². The molecule has 2 amide bonds. The van der Waals surface area contributed by atoms with Crippen LogP contribution in [0.5, 0.6) is 0 Å². The normalized spacial score (nSPS) is 20.7. The molecule has 0 spiro atoms. The Balaban J connectivity index is 2.31. The van der Waals surface area contributed by atoms with Gasteiger partial charge in [0.15, 0.2) is 0 Å². The molecule has 1 atom stereocenters. The van der Waals surface area contributed by atoms with E-state index in [2.05, 4.69) is 11.6 Å². The van der Waals surface area contributed by atoms with Crippen LogP contribution in [0.1, 0.15) is 33.1 Å². The van der Waals surface area contributed by atoms with Crippen LogP contribution in [-0.2, 0) is 9.59 Å². The van der Waals surface area contributed by atoms with Gasteiger partial charge in [-0.3, -0.25) is 14.5 Å². The van der Waals surface area contributed by atoms with E-state index in [1.807, 2.05) is 25.6 Å². The van der Waals surface area contributed by atoms with Gasteiger partial charge in [0.05, 0.1) is 12.5 Å². The number of carbonyl (C=O) groups excluding carboxylic acids is 2. The monoisotopic (exact) mass is 258 g/mol. The standard InChI is InChI=1S/C12H22N2O2S/c1-9(2)14-11(15)8-10(12(14)16)13-6-4-5-7-17-3/h9-10,13H,4-8H2,1-3H3. The molecule has 98 valence electrons. The van der Waals surface area contributed by atoms with Crippen molar-refractivity contribution in [3.8, 4) is 0 Å². The predicted octanol–water partition coefficient (Wildman–Crippen LogP) is 1.26. The highest BCUT2D eigenvalue weighted by atomic mass is 32.2. The molecule has 1 rings (SSSR count). The fraction of sp³-hybridized carbons (Fsp3) is 0.833. The maximum absolute atomic E-state index is 11.9. The summed E-state index contributed by atoms with van der Waals surface area (Å²) in [5, 5.41) is 3.18. The van der Waals surface area contributed by atoms with E-state index in [-0.39, 0.29) is 23.9 Å². The summed E-state index contributed by atoms with van der Waals surface area (Å²) >= 11 is 1.83. The van der Waals surface area contributed by atoms with Crippen molar-refractivity contribution in [2.24, 2.45) is 0 Å². The van der Waals surface area contributed by atoms with Gasteiger partial charge in [0.25, 0.3) is 0 Å². The Morgan fingerprint density at radius 3 is 2.65 bits per heavy atom. The molecule has 0 bridgehead atoms. The molecule has 4 nitrogen and oxygen atoms in total. The highest BCUT2D eigenvalue weighted by Gasteiger charge is 2.39. The molecule has 1 aliphatic rings. The van der Waals surface area contributed by atoms with E-state index in [9.17, 15) is 9.59 Å². The number of unbranched alkanes of at least 4 members (excludes halogenated alkanes) is 1. The van der Waals surface area contributed by atoms with Gasteiger partial charge in [-0.05, 0) is 45.2 Å². The first kappa shape index (κ1) is 14.5. The molecule has 0 aromatic rings. The maximum atomic E-state index is 11.9. The summed E-state index contributed by atoms with van der Waals surface area (Å²) in [5.74, 6) is 1.04. The largest absolute Gasteiger partial charge is 0.305 e. The Bertz CT molecular complexity index is 282. The van der Waals surface area contributed by atoms with Crippen molar-refractivity contribution in [2.45, 2.75) is 45.2 Å². The molecule has 1 heterocycles. The second kappa shape index (κ2) is 7.01. The number of likely N-dealkylation sites (tertiary alicyclic amines) is 1. The smallest absolute Gasteiger partial charge is 0.247 e.